The van der Waals surface area contributed by atoms with Crippen LogP contribution in [0.25, 0.3) is 0 Å². The molecule has 1 aliphatic heterocycles. The van der Waals surface area contributed by atoms with Gasteiger partial charge in [-0.3, -0.25) is 0 Å². The zero-order chi connectivity index (χ0) is 15.8. The lowest BCUT2D eigenvalue weighted by Crippen LogP contribution is -2.39. The Bertz CT molecular complexity index is 713. The minimum Gasteiger partial charge on any atom is -0.207 e. The molecule has 0 aromatic heterocycles. The van der Waals surface area contributed by atoms with Crippen molar-refractivity contribution in [2.45, 2.75) is 55.0 Å². The Labute approximate surface area is 125 Å². The van der Waals surface area contributed by atoms with Crippen molar-refractivity contribution in [2.75, 3.05) is 0 Å². The zero-order valence-electron chi connectivity index (χ0n) is 11.9. The minimum absolute atomic E-state index is 0.0119. The van der Waals surface area contributed by atoms with E-state index < -0.39 is 25.1 Å². The number of nitrogens with zero attached hydrogens (tertiary/aromatic N) is 1. The number of hydrogen-bond donors (Lipinski definition) is 0. The Kier molecular flexibility index (Phi) is 4.41. The Morgan fingerprint density at radius 3 is 2.10 bits per heavy atom. The third-order valence-electron chi connectivity index (χ3n) is 3.86. The van der Waals surface area contributed by atoms with Gasteiger partial charge >= 0.3 is 10.2 Å². The van der Waals surface area contributed by atoms with E-state index in [9.17, 15) is 20.7 Å². The summed E-state index contributed by atoms with van der Waals surface area (Å²) >= 11 is 0. The van der Waals surface area contributed by atoms with Crippen molar-refractivity contribution in [1.82, 2.24) is 4.31 Å². The highest BCUT2D eigenvalue weighted by Crippen LogP contribution is 2.32. The van der Waals surface area contributed by atoms with Crippen molar-refractivity contribution in [2.24, 2.45) is 0 Å². The SMILES string of the molecule is CCC1CCC(C)N1S(=O)(=O)c1ccc(S(=O)(=O)F)cc1. The summed E-state index contributed by atoms with van der Waals surface area (Å²) in [5.74, 6) is 0. The van der Waals surface area contributed by atoms with Crippen molar-refractivity contribution in [3.8, 4) is 0 Å². The first kappa shape index (κ1) is 16.4. The van der Waals surface area contributed by atoms with Crippen molar-refractivity contribution in [1.29, 1.82) is 0 Å². The molecule has 5 nitrogen and oxygen atoms in total. The van der Waals surface area contributed by atoms with Crippen LogP contribution < -0.4 is 0 Å². The Balaban J connectivity index is 2.40. The van der Waals surface area contributed by atoms with Gasteiger partial charge < -0.3 is 0 Å². The number of hydrogen-bond acceptors (Lipinski definition) is 4. The molecular formula is C13H18FNO4S2. The van der Waals surface area contributed by atoms with Crippen molar-refractivity contribution >= 4 is 20.2 Å². The van der Waals surface area contributed by atoms with Gasteiger partial charge in [0.1, 0.15) is 0 Å². The largest absolute Gasteiger partial charge is 0.332 e. The normalized spacial score (nSPS) is 24.3. The van der Waals surface area contributed by atoms with Crippen LogP contribution in [0.15, 0.2) is 34.1 Å². The second-order valence-corrected chi connectivity index (χ2v) is 8.42. The molecular weight excluding hydrogens is 317 g/mol. The number of benzene rings is 1. The molecule has 1 heterocycles. The fourth-order valence-corrected chi connectivity index (χ4v) is 5.17. The molecule has 0 N–H and O–H groups in total. The Morgan fingerprint density at radius 2 is 1.62 bits per heavy atom. The van der Waals surface area contributed by atoms with Crippen LogP contribution in [0.5, 0.6) is 0 Å². The van der Waals surface area contributed by atoms with Crippen LogP contribution in [0.3, 0.4) is 0 Å². The third kappa shape index (κ3) is 3.12. The van der Waals surface area contributed by atoms with E-state index in [2.05, 4.69) is 0 Å². The molecule has 2 rings (SSSR count). The van der Waals surface area contributed by atoms with E-state index in [1.165, 1.54) is 4.31 Å². The molecule has 1 aromatic carbocycles. The molecule has 21 heavy (non-hydrogen) atoms. The lowest BCUT2D eigenvalue weighted by molar-refractivity contribution is 0.328. The smallest absolute Gasteiger partial charge is 0.207 e. The highest BCUT2D eigenvalue weighted by atomic mass is 32.3. The predicted octanol–water partition coefficient (Wildman–Crippen LogP) is 2.30. The van der Waals surface area contributed by atoms with Gasteiger partial charge in [0.2, 0.25) is 10.0 Å². The second-order valence-electron chi connectivity index (χ2n) is 5.23. The number of sulfonamides is 1. The van der Waals surface area contributed by atoms with Gasteiger partial charge in [-0.05, 0) is 50.5 Å². The Morgan fingerprint density at radius 1 is 1.10 bits per heavy atom. The van der Waals surface area contributed by atoms with E-state index in [1.54, 1.807) is 0 Å². The quantitative estimate of drug-likeness (QED) is 0.792. The Hall–Kier alpha value is -0.990. The topological polar surface area (TPSA) is 71.5 Å². The van der Waals surface area contributed by atoms with Crippen LogP contribution in [0.4, 0.5) is 3.89 Å². The van der Waals surface area contributed by atoms with Crippen LogP contribution in [0.1, 0.15) is 33.1 Å². The first-order valence-corrected chi connectivity index (χ1v) is 9.58. The monoisotopic (exact) mass is 335 g/mol. The van der Waals surface area contributed by atoms with Gasteiger partial charge in [-0.2, -0.15) is 12.7 Å². The van der Waals surface area contributed by atoms with Gasteiger partial charge in [0, 0.05) is 12.1 Å². The second kappa shape index (κ2) is 5.66. The van der Waals surface area contributed by atoms with E-state index in [0.29, 0.717) is 0 Å². The predicted molar refractivity (Wildman–Crippen MR) is 76.5 cm³/mol. The van der Waals surface area contributed by atoms with E-state index in [4.69, 9.17) is 0 Å². The van der Waals surface area contributed by atoms with Gasteiger partial charge in [-0.15, -0.1) is 3.89 Å². The molecule has 0 spiro atoms. The van der Waals surface area contributed by atoms with Gasteiger partial charge in [0.05, 0.1) is 9.79 Å². The van der Waals surface area contributed by atoms with Gasteiger partial charge in [-0.25, -0.2) is 8.42 Å². The van der Waals surface area contributed by atoms with Gasteiger partial charge in [0.15, 0.2) is 0 Å². The summed E-state index contributed by atoms with van der Waals surface area (Å²) in [5.41, 5.74) is 0. The summed E-state index contributed by atoms with van der Waals surface area (Å²) in [6.07, 6.45) is 2.34. The molecule has 1 aliphatic rings. The van der Waals surface area contributed by atoms with E-state index >= 15 is 0 Å². The fraction of sp³-hybridized carbons (Fsp3) is 0.538. The van der Waals surface area contributed by atoms with Crippen LogP contribution in [-0.2, 0) is 20.2 Å². The maximum Gasteiger partial charge on any atom is 0.332 e. The third-order valence-corrected chi connectivity index (χ3v) is 6.78. The lowest BCUT2D eigenvalue weighted by atomic mass is 10.2. The minimum atomic E-state index is -4.82. The average Bonchev–Trinajstić information content (AvgIpc) is 2.79. The molecule has 1 aromatic rings. The maximum absolute atomic E-state index is 12.8. The highest BCUT2D eigenvalue weighted by molar-refractivity contribution is 7.89. The van der Waals surface area contributed by atoms with Crippen molar-refractivity contribution in [3.63, 3.8) is 0 Å². The molecule has 1 saturated heterocycles. The van der Waals surface area contributed by atoms with Crippen molar-refractivity contribution in [3.05, 3.63) is 24.3 Å². The fourth-order valence-electron chi connectivity index (χ4n) is 2.76. The van der Waals surface area contributed by atoms with E-state index in [1.807, 2.05) is 13.8 Å². The molecule has 0 bridgehead atoms. The molecule has 8 heteroatoms. The summed E-state index contributed by atoms with van der Waals surface area (Å²) in [5, 5.41) is 0. The first-order valence-electron chi connectivity index (χ1n) is 6.76. The molecule has 0 saturated carbocycles. The highest BCUT2D eigenvalue weighted by Gasteiger charge is 2.39. The van der Waals surface area contributed by atoms with E-state index in [0.717, 1.165) is 43.5 Å². The molecule has 1 fully saturated rings. The molecule has 118 valence electrons. The lowest BCUT2D eigenvalue weighted by Gasteiger charge is -2.27. The first-order chi connectivity index (χ1) is 9.67. The van der Waals surface area contributed by atoms with Crippen LogP contribution in [0.2, 0.25) is 0 Å². The van der Waals surface area contributed by atoms with Crippen LogP contribution in [-0.4, -0.2) is 33.2 Å². The molecule has 0 aliphatic carbocycles. The molecule has 0 amide bonds. The summed E-state index contributed by atoms with van der Waals surface area (Å²) in [6.45, 7) is 3.79. The molecule has 2 unspecified atom stereocenters. The van der Waals surface area contributed by atoms with Crippen LogP contribution in [0, 0.1) is 0 Å². The molecule has 2 atom stereocenters. The van der Waals surface area contributed by atoms with Crippen LogP contribution >= 0.6 is 0 Å². The van der Waals surface area contributed by atoms with E-state index in [-0.39, 0.29) is 17.0 Å². The standard InChI is InChI=1S/C13H18FNO4S2/c1-3-11-5-4-10(2)15(11)21(18,19)13-8-6-12(7-9-13)20(14,16)17/h6-11H,3-5H2,1-2H3. The molecule has 0 radical (unpaired) electrons. The summed E-state index contributed by atoms with van der Waals surface area (Å²) < 4.78 is 61.2. The number of rotatable bonds is 4. The zero-order valence-corrected chi connectivity index (χ0v) is 13.5. The summed E-state index contributed by atoms with van der Waals surface area (Å²) in [6, 6.07) is 4.09. The van der Waals surface area contributed by atoms with Crippen molar-refractivity contribution < 1.29 is 20.7 Å². The van der Waals surface area contributed by atoms with Gasteiger partial charge in [-0.1, -0.05) is 6.92 Å². The summed E-state index contributed by atoms with van der Waals surface area (Å²) in [7, 11) is -8.51. The average molecular weight is 335 g/mol. The maximum atomic E-state index is 12.8. The van der Waals surface area contributed by atoms with Gasteiger partial charge in [0.25, 0.3) is 0 Å². The summed E-state index contributed by atoms with van der Waals surface area (Å²) in [4.78, 5) is -0.551. The number of halogens is 1.